The summed E-state index contributed by atoms with van der Waals surface area (Å²) < 4.78 is 1.88. The Morgan fingerprint density at radius 2 is 1.79 bits per heavy atom. The minimum absolute atomic E-state index is 0.436. The maximum Gasteiger partial charge on any atom is 0.195 e. The Kier molecular flexibility index (Phi) is 3.88. The quantitative estimate of drug-likeness (QED) is 0.422. The summed E-state index contributed by atoms with van der Waals surface area (Å²) >= 11 is 13.6. The number of hydrogen-bond acceptors (Lipinski definition) is 3. The summed E-state index contributed by atoms with van der Waals surface area (Å²) in [6.07, 6.45) is 0.830. The number of imidazole rings is 1. The van der Waals surface area contributed by atoms with Gasteiger partial charge in [-0.05, 0) is 17.7 Å². The van der Waals surface area contributed by atoms with Crippen LogP contribution in [0.15, 0.2) is 53.9 Å². The molecule has 0 fully saturated rings. The maximum absolute atomic E-state index is 11.8. The summed E-state index contributed by atoms with van der Waals surface area (Å²) in [6, 6.07) is 15.2. The molecule has 0 bridgehead atoms. The number of carbonyl (C=O) groups excluding carboxylic acids is 1. The summed E-state index contributed by atoms with van der Waals surface area (Å²) in [4.78, 5) is 17.2. The van der Waals surface area contributed by atoms with Crippen LogP contribution in [0.1, 0.15) is 10.5 Å². The lowest BCUT2D eigenvalue weighted by Crippen LogP contribution is -1.94. The van der Waals surface area contributed by atoms with E-state index in [4.69, 9.17) is 23.2 Å². The van der Waals surface area contributed by atoms with Gasteiger partial charge in [0.15, 0.2) is 11.2 Å². The molecule has 0 unspecified atom stereocenters. The zero-order chi connectivity index (χ0) is 16.7. The molecular weight excluding hydrogens is 363 g/mol. The number of halogens is 2. The van der Waals surface area contributed by atoms with Crippen molar-refractivity contribution in [2.75, 3.05) is 0 Å². The highest BCUT2D eigenvalue weighted by Crippen LogP contribution is 2.34. The molecule has 0 saturated heterocycles. The molecule has 2 aromatic carbocycles. The van der Waals surface area contributed by atoms with Crippen molar-refractivity contribution < 1.29 is 4.79 Å². The van der Waals surface area contributed by atoms with Crippen LogP contribution in [0.3, 0.4) is 0 Å². The Hall–Kier alpha value is -2.14. The molecular formula is C18H10Cl2N2OS. The van der Waals surface area contributed by atoms with Crippen molar-refractivity contribution in [1.29, 1.82) is 0 Å². The normalized spacial score (nSPS) is 11.1. The third-order valence-electron chi connectivity index (χ3n) is 3.77. The van der Waals surface area contributed by atoms with Gasteiger partial charge in [0.25, 0.3) is 0 Å². The van der Waals surface area contributed by atoms with E-state index >= 15 is 0 Å². The first-order valence-corrected chi connectivity index (χ1v) is 8.78. The smallest absolute Gasteiger partial charge is 0.195 e. The van der Waals surface area contributed by atoms with Crippen LogP contribution >= 0.6 is 34.5 Å². The number of fused-ring (bicyclic) bond motifs is 1. The van der Waals surface area contributed by atoms with Crippen molar-refractivity contribution in [3.05, 3.63) is 69.7 Å². The first-order valence-electron chi connectivity index (χ1n) is 7.15. The van der Waals surface area contributed by atoms with Crippen LogP contribution < -0.4 is 0 Å². The van der Waals surface area contributed by atoms with E-state index in [9.17, 15) is 4.79 Å². The molecule has 0 spiro atoms. The number of aromatic nitrogens is 2. The Morgan fingerprint density at radius 1 is 1.00 bits per heavy atom. The largest absolute Gasteiger partial charge is 0.296 e. The van der Waals surface area contributed by atoms with E-state index < -0.39 is 0 Å². The van der Waals surface area contributed by atoms with Crippen LogP contribution in [0.5, 0.6) is 0 Å². The second kappa shape index (κ2) is 6.06. The van der Waals surface area contributed by atoms with Crippen molar-refractivity contribution >= 4 is 45.8 Å². The minimum atomic E-state index is 0.436. The van der Waals surface area contributed by atoms with E-state index in [0.717, 1.165) is 28.1 Å². The summed E-state index contributed by atoms with van der Waals surface area (Å²) in [5.41, 5.74) is 3.85. The molecule has 0 aliphatic carbocycles. The summed E-state index contributed by atoms with van der Waals surface area (Å²) in [6.45, 7) is 0. The Bertz CT molecular complexity index is 1050. The topological polar surface area (TPSA) is 34.4 Å². The summed E-state index contributed by atoms with van der Waals surface area (Å²) in [7, 11) is 0. The van der Waals surface area contributed by atoms with Gasteiger partial charge in [-0.2, -0.15) is 0 Å². The molecule has 3 nitrogen and oxygen atoms in total. The molecule has 118 valence electrons. The van der Waals surface area contributed by atoms with E-state index in [1.807, 2.05) is 46.2 Å². The average molecular weight is 373 g/mol. The zero-order valence-electron chi connectivity index (χ0n) is 12.2. The predicted molar refractivity (Wildman–Crippen MR) is 99.3 cm³/mol. The van der Waals surface area contributed by atoms with Gasteiger partial charge in [-0.1, -0.05) is 59.6 Å². The second-order valence-electron chi connectivity index (χ2n) is 5.20. The number of carbonyl (C=O) groups is 1. The standard InChI is InChI=1S/C18H10Cl2N2OS/c19-13-7-6-12(8-14(13)20)17-15(9-23)22-16(10-24-18(22)21-17)11-4-2-1-3-5-11/h1-10H. The molecule has 4 rings (SSSR count). The molecule has 0 saturated carbocycles. The van der Waals surface area contributed by atoms with E-state index in [2.05, 4.69) is 4.98 Å². The van der Waals surface area contributed by atoms with Gasteiger partial charge in [-0.15, -0.1) is 11.3 Å². The third-order valence-corrected chi connectivity index (χ3v) is 5.34. The molecule has 0 aliphatic heterocycles. The fourth-order valence-corrected chi connectivity index (χ4v) is 3.86. The van der Waals surface area contributed by atoms with Gasteiger partial charge in [0.1, 0.15) is 11.4 Å². The number of benzene rings is 2. The lowest BCUT2D eigenvalue weighted by atomic mass is 10.1. The Balaban J connectivity index is 1.97. The first kappa shape index (κ1) is 15.4. The highest BCUT2D eigenvalue weighted by molar-refractivity contribution is 7.15. The Labute approximate surface area is 152 Å². The van der Waals surface area contributed by atoms with Crippen LogP contribution in [0.4, 0.5) is 0 Å². The van der Waals surface area contributed by atoms with Gasteiger partial charge in [0, 0.05) is 10.9 Å². The molecule has 6 heteroatoms. The highest BCUT2D eigenvalue weighted by atomic mass is 35.5. The number of rotatable bonds is 3. The molecule has 0 atom stereocenters. The van der Waals surface area contributed by atoms with Gasteiger partial charge in [-0.25, -0.2) is 4.98 Å². The Morgan fingerprint density at radius 3 is 2.50 bits per heavy atom. The van der Waals surface area contributed by atoms with E-state index in [1.54, 1.807) is 12.1 Å². The highest BCUT2D eigenvalue weighted by Gasteiger charge is 2.18. The summed E-state index contributed by atoms with van der Waals surface area (Å²) in [5, 5.41) is 2.91. The summed E-state index contributed by atoms with van der Waals surface area (Å²) in [5.74, 6) is 0. The fourth-order valence-electron chi connectivity index (χ4n) is 2.66. The minimum Gasteiger partial charge on any atom is -0.296 e. The lowest BCUT2D eigenvalue weighted by Gasteiger charge is -2.03. The van der Waals surface area contributed by atoms with Crippen molar-refractivity contribution in [2.24, 2.45) is 0 Å². The number of aldehydes is 1. The molecule has 2 heterocycles. The first-order chi connectivity index (χ1) is 11.7. The molecule has 4 aromatic rings. The van der Waals surface area contributed by atoms with Crippen LogP contribution in [-0.4, -0.2) is 15.7 Å². The van der Waals surface area contributed by atoms with Gasteiger partial charge in [0.2, 0.25) is 0 Å². The number of nitrogens with zero attached hydrogens (tertiary/aromatic N) is 2. The lowest BCUT2D eigenvalue weighted by molar-refractivity contribution is 0.111. The van der Waals surface area contributed by atoms with Crippen LogP contribution in [-0.2, 0) is 0 Å². The number of hydrogen-bond donors (Lipinski definition) is 0. The monoisotopic (exact) mass is 372 g/mol. The fraction of sp³-hybridized carbons (Fsp3) is 0. The van der Waals surface area contributed by atoms with Crippen molar-refractivity contribution in [2.45, 2.75) is 0 Å². The van der Waals surface area contributed by atoms with E-state index in [-0.39, 0.29) is 0 Å². The van der Waals surface area contributed by atoms with Crippen LogP contribution in [0.2, 0.25) is 10.0 Å². The molecule has 2 aromatic heterocycles. The van der Waals surface area contributed by atoms with Gasteiger partial charge < -0.3 is 0 Å². The average Bonchev–Trinajstić information content (AvgIpc) is 3.17. The van der Waals surface area contributed by atoms with Crippen LogP contribution in [0.25, 0.3) is 27.5 Å². The predicted octanol–water partition coefficient (Wildman–Crippen LogP) is 5.85. The van der Waals surface area contributed by atoms with E-state index in [1.165, 1.54) is 11.3 Å². The molecule has 24 heavy (non-hydrogen) atoms. The second-order valence-corrected chi connectivity index (χ2v) is 6.85. The molecule has 0 amide bonds. The third kappa shape index (κ3) is 2.44. The molecule has 0 radical (unpaired) electrons. The molecule has 0 aliphatic rings. The van der Waals surface area contributed by atoms with Gasteiger partial charge in [0.05, 0.1) is 15.7 Å². The molecule has 0 N–H and O–H groups in total. The van der Waals surface area contributed by atoms with Crippen molar-refractivity contribution in [3.63, 3.8) is 0 Å². The maximum atomic E-state index is 11.8. The SMILES string of the molecule is O=Cc1c(-c2ccc(Cl)c(Cl)c2)nc2scc(-c3ccccc3)n12. The van der Waals surface area contributed by atoms with Gasteiger partial charge >= 0.3 is 0 Å². The number of thiazole rings is 1. The zero-order valence-corrected chi connectivity index (χ0v) is 14.6. The van der Waals surface area contributed by atoms with Crippen molar-refractivity contribution in [1.82, 2.24) is 9.38 Å². The van der Waals surface area contributed by atoms with E-state index in [0.29, 0.717) is 21.4 Å². The van der Waals surface area contributed by atoms with Crippen LogP contribution in [0, 0.1) is 0 Å². The van der Waals surface area contributed by atoms with Gasteiger partial charge in [-0.3, -0.25) is 9.20 Å². The van der Waals surface area contributed by atoms with Crippen molar-refractivity contribution in [3.8, 4) is 22.5 Å².